The maximum absolute atomic E-state index is 13.0. The van der Waals surface area contributed by atoms with Crippen LogP contribution in [0.5, 0.6) is 0 Å². The highest BCUT2D eigenvalue weighted by molar-refractivity contribution is 6.06. The number of imide groups is 2. The zero-order chi connectivity index (χ0) is 49.0. The molecule has 4 aromatic carbocycles. The smallest absolute Gasteiger partial charge is 0.255 e. The fourth-order valence-corrected chi connectivity index (χ4v) is 12.2. The number of carbonyl (C=O) groups excluding carboxylic acids is 7. The van der Waals surface area contributed by atoms with Crippen molar-refractivity contribution >= 4 is 54.1 Å². The van der Waals surface area contributed by atoms with Crippen LogP contribution in [-0.2, 0) is 64.5 Å². The summed E-state index contributed by atoms with van der Waals surface area (Å²) in [4.78, 5) is 89.1. The number of piperidine rings is 4. The molecule has 4 saturated heterocycles. The number of nitrogens with zero attached hydrogens (tertiary/aromatic N) is 3. The van der Waals surface area contributed by atoms with Crippen LogP contribution in [-0.4, -0.2) is 94.7 Å². The lowest BCUT2D eigenvalue weighted by molar-refractivity contribution is -0.138. The number of halogens is 1. The topological polar surface area (TPSA) is 165 Å². The van der Waals surface area contributed by atoms with Gasteiger partial charge in [-0.3, -0.25) is 49.1 Å². The lowest BCUT2D eigenvalue weighted by Crippen LogP contribution is -2.52. The summed E-state index contributed by atoms with van der Waals surface area (Å²) in [7, 11) is 0. The third-order valence-corrected chi connectivity index (χ3v) is 16.3. The molecule has 386 valence electrons. The Balaban J connectivity index is 0.000000161. The van der Waals surface area contributed by atoms with E-state index in [1.54, 1.807) is 20.9 Å². The average molecular weight is 1010 g/mol. The minimum atomic E-state index is -0.553. The van der Waals surface area contributed by atoms with Crippen LogP contribution in [0, 0.1) is 0 Å². The molecule has 0 bridgehead atoms. The van der Waals surface area contributed by atoms with Gasteiger partial charge in [0.15, 0.2) is 0 Å². The Kier molecular flexibility index (Phi) is 17.4. The molecular formula is C59H71ClN6O7. The zero-order valence-electron chi connectivity index (χ0n) is 41.2. The molecule has 6 heterocycles. The molecule has 2 unspecified atom stereocenters. The number of hydrogen-bond donors (Lipinski definition) is 3. The zero-order valence-corrected chi connectivity index (χ0v) is 42.0. The van der Waals surface area contributed by atoms with E-state index in [9.17, 15) is 33.6 Å². The molecule has 4 fully saturated rings. The van der Waals surface area contributed by atoms with E-state index in [2.05, 4.69) is 69.4 Å². The van der Waals surface area contributed by atoms with Crippen LogP contribution in [0.15, 0.2) is 72.8 Å². The monoisotopic (exact) mass is 1010 g/mol. The Hall–Kier alpha value is -6.02. The lowest BCUT2D eigenvalue weighted by Gasteiger charge is -2.32. The summed E-state index contributed by atoms with van der Waals surface area (Å²) in [6.45, 7) is 6.16. The van der Waals surface area contributed by atoms with Crippen molar-refractivity contribution in [1.29, 1.82) is 0 Å². The van der Waals surface area contributed by atoms with Gasteiger partial charge < -0.3 is 15.1 Å². The number of aryl methyl sites for hydroxylation is 4. The molecule has 0 radical (unpaired) electrons. The van der Waals surface area contributed by atoms with Gasteiger partial charge in [0, 0.05) is 49.2 Å². The van der Waals surface area contributed by atoms with Gasteiger partial charge in [0.1, 0.15) is 18.4 Å². The van der Waals surface area contributed by atoms with E-state index in [4.69, 9.17) is 0 Å². The second-order valence-corrected chi connectivity index (χ2v) is 20.9. The van der Waals surface area contributed by atoms with E-state index in [0.29, 0.717) is 48.9 Å². The molecule has 6 amide bonds. The number of fused-ring (bicyclic) bond motifs is 4. The average Bonchev–Trinajstić information content (AvgIpc) is 3.91. The highest BCUT2D eigenvalue weighted by Crippen LogP contribution is 2.36. The van der Waals surface area contributed by atoms with Crippen molar-refractivity contribution in [3.63, 3.8) is 0 Å². The molecule has 0 spiro atoms. The minimum absolute atomic E-state index is 0. The molecule has 13 nitrogen and oxygen atoms in total. The molecule has 3 N–H and O–H groups in total. The first-order chi connectivity index (χ1) is 34.6. The minimum Gasteiger partial charge on any atom is -0.322 e. The summed E-state index contributed by atoms with van der Waals surface area (Å²) >= 11 is 0. The Morgan fingerprint density at radius 1 is 0.507 bits per heavy atom. The van der Waals surface area contributed by atoms with E-state index < -0.39 is 12.1 Å². The highest BCUT2D eigenvalue weighted by Gasteiger charge is 2.41. The standard InChI is InChI=1S/C29H33N3O3.C18H21N3O3.C11H12O.CH4.ClH/c33-27-10-9-26(28(34)30-27)32-18-24-16-23(7-8-25(24)29(32)35)21-11-13-31(14-12-21)17-19-5-6-20-3-1-2-4-22(20)15-19;22-16-4-3-15(17(23)20-16)21-10-13-9-12(1-2-14(13)18(21)24)11-5-7-19-8-6-11;12-8-9-5-6-10-3-1-2-4-11(10)7-9;;/h5-8,15-16,21,26H,1-4,9-14,17-18H2,(H,30,33,34);1-2,9,11,15,19H,3-8,10H2,(H,20,22,23);5-8H,1-4H2;1H4;1H. The van der Waals surface area contributed by atoms with E-state index >= 15 is 0 Å². The van der Waals surface area contributed by atoms with Gasteiger partial charge in [-0.2, -0.15) is 0 Å². The first kappa shape index (κ1) is 53.3. The Labute approximate surface area is 436 Å². The molecule has 0 aromatic heterocycles. The van der Waals surface area contributed by atoms with E-state index in [0.717, 1.165) is 87.8 Å². The number of rotatable bonds is 7. The van der Waals surface area contributed by atoms with Crippen LogP contribution >= 0.6 is 12.4 Å². The van der Waals surface area contributed by atoms with Crippen molar-refractivity contribution in [2.75, 3.05) is 26.2 Å². The highest BCUT2D eigenvalue weighted by atomic mass is 35.5. The normalized spacial score (nSPS) is 21.9. The van der Waals surface area contributed by atoms with Crippen molar-refractivity contribution in [3.05, 3.63) is 140 Å². The Morgan fingerprint density at radius 2 is 0.986 bits per heavy atom. The number of amides is 6. The predicted molar refractivity (Wildman–Crippen MR) is 283 cm³/mol. The number of carbonyl (C=O) groups is 7. The summed E-state index contributed by atoms with van der Waals surface area (Å²) < 4.78 is 0. The summed E-state index contributed by atoms with van der Waals surface area (Å²) in [5.74, 6) is -0.377. The van der Waals surface area contributed by atoms with Crippen LogP contribution in [0.25, 0.3) is 0 Å². The van der Waals surface area contributed by atoms with E-state index in [1.807, 2.05) is 24.3 Å². The molecular weight excluding hydrogens is 940 g/mol. The van der Waals surface area contributed by atoms with Crippen molar-refractivity contribution in [1.82, 2.24) is 30.7 Å². The van der Waals surface area contributed by atoms with Crippen LogP contribution in [0.2, 0.25) is 0 Å². The fraction of sp³-hybridized carbons (Fsp3) is 0.475. The molecule has 14 heteroatoms. The first-order valence-electron chi connectivity index (χ1n) is 26.2. The fourth-order valence-electron chi connectivity index (χ4n) is 12.2. The second kappa shape index (κ2) is 23.9. The third kappa shape index (κ3) is 12.0. The molecule has 12 rings (SSSR count). The number of benzene rings is 4. The lowest BCUT2D eigenvalue weighted by atomic mass is 9.87. The Bertz CT molecular complexity index is 2740. The van der Waals surface area contributed by atoms with E-state index in [-0.39, 0.29) is 68.1 Å². The van der Waals surface area contributed by atoms with E-state index in [1.165, 1.54) is 72.8 Å². The maximum Gasteiger partial charge on any atom is 0.255 e. The largest absolute Gasteiger partial charge is 0.322 e. The van der Waals surface area contributed by atoms with Crippen molar-refractivity contribution in [2.24, 2.45) is 0 Å². The van der Waals surface area contributed by atoms with Gasteiger partial charge in [0.25, 0.3) is 11.8 Å². The number of hydrogen-bond acceptors (Lipinski definition) is 9. The molecule has 2 atom stereocenters. The molecule has 8 aliphatic rings. The van der Waals surface area contributed by atoms with Crippen LogP contribution < -0.4 is 16.0 Å². The molecule has 4 aromatic rings. The summed E-state index contributed by atoms with van der Waals surface area (Å²) in [5.41, 5.74) is 14.2. The third-order valence-electron chi connectivity index (χ3n) is 16.3. The van der Waals surface area contributed by atoms with Gasteiger partial charge in [-0.25, -0.2) is 0 Å². The summed E-state index contributed by atoms with van der Waals surface area (Å²) in [6.07, 6.45) is 16.8. The number of likely N-dealkylation sites (tertiary alicyclic amines) is 1. The van der Waals surface area contributed by atoms with Gasteiger partial charge in [0.2, 0.25) is 23.6 Å². The van der Waals surface area contributed by atoms with Crippen molar-refractivity contribution < 1.29 is 33.6 Å². The van der Waals surface area contributed by atoms with Crippen LogP contribution in [0.4, 0.5) is 0 Å². The molecule has 73 heavy (non-hydrogen) atoms. The van der Waals surface area contributed by atoms with Gasteiger partial charge in [-0.05, 0) is 196 Å². The number of nitrogens with one attached hydrogen (secondary N) is 3. The predicted octanol–water partition coefficient (Wildman–Crippen LogP) is 8.06. The van der Waals surface area contributed by atoms with Crippen molar-refractivity contribution in [3.8, 4) is 0 Å². The van der Waals surface area contributed by atoms with Gasteiger partial charge in [-0.15, -0.1) is 12.4 Å². The van der Waals surface area contributed by atoms with Crippen LogP contribution in [0.3, 0.4) is 0 Å². The molecule has 0 saturated carbocycles. The van der Waals surface area contributed by atoms with Gasteiger partial charge in [0.05, 0.1) is 0 Å². The SMILES string of the molecule is C.Cl.O=C1CCC(N2Cc3cc(C4CCN(Cc5ccc6c(c5)CCCC6)CC4)ccc3C2=O)C(=O)N1.O=C1CCC(N2Cc3cc(C4CCNCC4)ccc3C2=O)C(=O)N1.O=Cc1ccc2c(c1)CCCC2. The van der Waals surface area contributed by atoms with Crippen molar-refractivity contribution in [2.45, 2.75) is 154 Å². The summed E-state index contributed by atoms with van der Waals surface area (Å²) in [5, 5.41) is 8.08. The van der Waals surface area contributed by atoms with Gasteiger partial charge >= 0.3 is 0 Å². The quantitative estimate of drug-likeness (QED) is 0.123. The molecule has 6 aliphatic heterocycles. The second-order valence-electron chi connectivity index (χ2n) is 20.9. The maximum atomic E-state index is 13.0. The van der Waals surface area contributed by atoms with Crippen LogP contribution in [0.1, 0.15) is 177 Å². The molecule has 2 aliphatic carbocycles. The van der Waals surface area contributed by atoms with Gasteiger partial charge in [-0.1, -0.05) is 62.0 Å². The summed E-state index contributed by atoms with van der Waals surface area (Å²) in [6, 6.07) is 24.4. The number of aldehydes is 1. The first-order valence-corrected chi connectivity index (χ1v) is 26.2. The Morgan fingerprint density at radius 3 is 1.49 bits per heavy atom.